The molecule has 0 saturated carbocycles. The summed E-state index contributed by atoms with van der Waals surface area (Å²) in [6.45, 7) is 8.50. The summed E-state index contributed by atoms with van der Waals surface area (Å²) in [6, 6.07) is 17.2. The molecular formula is C20H26N2O2+2. The summed E-state index contributed by atoms with van der Waals surface area (Å²) in [5.41, 5.74) is 2.79. The van der Waals surface area contributed by atoms with Crippen LogP contribution in [0.2, 0.25) is 0 Å². The van der Waals surface area contributed by atoms with Gasteiger partial charge in [0.15, 0.2) is 11.5 Å². The third kappa shape index (κ3) is 3.71. The van der Waals surface area contributed by atoms with Gasteiger partial charge in [-0.1, -0.05) is 30.3 Å². The Kier molecular flexibility index (Phi) is 4.67. The van der Waals surface area contributed by atoms with E-state index in [1.165, 1.54) is 37.3 Å². The van der Waals surface area contributed by atoms with Gasteiger partial charge in [-0.05, 0) is 18.2 Å². The number of benzene rings is 2. The highest BCUT2D eigenvalue weighted by molar-refractivity contribution is 5.43. The molecule has 2 aromatic carbocycles. The highest BCUT2D eigenvalue weighted by Gasteiger charge is 2.23. The fourth-order valence-corrected chi connectivity index (χ4v) is 3.68. The van der Waals surface area contributed by atoms with Gasteiger partial charge in [-0.3, -0.25) is 0 Å². The molecule has 24 heavy (non-hydrogen) atoms. The third-order valence-electron chi connectivity index (χ3n) is 5.02. The molecule has 0 spiro atoms. The molecule has 2 heterocycles. The van der Waals surface area contributed by atoms with Gasteiger partial charge in [-0.15, -0.1) is 0 Å². The third-order valence-corrected chi connectivity index (χ3v) is 5.02. The van der Waals surface area contributed by atoms with Gasteiger partial charge in [-0.25, -0.2) is 0 Å². The van der Waals surface area contributed by atoms with Crippen LogP contribution in [0.4, 0.5) is 0 Å². The lowest BCUT2D eigenvalue weighted by Crippen LogP contribution is -3.27. The van der Waals surface area contributed by atoms with Gasteiger partial charge in [0, 0.05) is 11.1 Å². The second kappa shape index (κ2) is 7.24. The first-order chi connectivity index (χ1) is 11.9. The van der Waals surface area contributed by atoms with Crippen LogP contribution in [-0.2, 0) is 13.1 Å². The molecule has 4 nitrogen and oxygen atoms in total. The maximum absolute atomic E-state index is 5.70. The fourth-order valence-electron chi connectivity index (χ4n) is 3.68. The van der Waals surface area contributed by atoms with E-state index in [0.29, 0.717) is 13.2 Å². The number of rotatable bonds is 4. The molecule has 0 aliphatic carbocycles. The number of ether oxygens (including phenoxy) is 2. The lowest BCUT2D eigenvalue weighted by molar-refractivity contribution is -1.02. The summed E-state index contributed by atoms with van der Waals surface area (Å²) in [5, 5.41) is 0. The van der Waals surface area contributed by atoms with Crippen LogP contribution in [0, 0.1) is 0 Å². The maximum atomic E-state index is 5.70. The number of hydrogen-bond acceptors (Lipinski definition) is 2. The van der Waals surface area contributed by atoms with E-state index in [4.69, 9.17) is 9.47 Å². The zero-order valence-corrected chi connectivity index (χ0v) is 14.1. The van der Waals surface area contributed by atoms with E-state index in [9.17, 15) is 0 Å². The highest BCUT2D eigenvalue weighted by Crippen LogP contribution is 2.30. The monoisotopic (exact) mass is 326 g/mol. The predicted octanol–water partition coefficient (Wildman–Crippen LogP) is -0.0586. The molecule has 4 heteroatoms. The Morgan fingerprint density at radius 2 is 1.29 bits per heavy atom. The van der Waals surface area contributed by atoms with Crippen LogP contribution in [0.1, 0.15) is 11.1 Å². The Morgan fingerprint density at radius 1 is 0.667 bits per heavy atom. The first-order valence-corrected chi connectivity index (χ1v) is 8.96. The lowest BCUT2D eigenvalue weighted by Gasteiger charge is -2.30. The molecule has 2 aliphatic rings. The van der Waals surface area contributed by atoms with Crippen molar-refractivity contribution < 1.29 is 19.3 Å². The van der Waals surface area contributed by atoms with E-state index in [2.05, 4.69) is 48.5 Å². The van der Waals surface area contributed by atoms with Crippen LogP contribution in [0.15, 0.2) is 48.5 Å². The van der Waals surface area contributed by atoms with Gasteiger partial charge in [0.05, 0.1) is 0 Å². The topological polar surface area (TPSA) is 27.3 Å². The highest BCUT2D eigenvalue weighted by atomic mass is 16.6. The molecule has 0 bridgehead atoms. The molecule has 2 aromatic rings. The second-order valence-electron chi connectivity index (χ2n) is 6.82. The second-order valence-corrected chi connectivity index (χ2v) is 6.82. The SMILES string of the molecule is c1ccc(C[NH+]2CC[NH+](Cc3ccc4c(c3)OCCO4)CC2)cc1. The Labute approximate surface area is 143 Å². The van der Waals surface area contributed by atoms with E-state index in [1.54, 1.807) is 9.80 Å². The van der Waals surface area contributed by atoms with E-state index in [1.807, 2.05) is 0 Å². The predicted molar refractivity (Wildman–Crippen MR) is 92.7 cm³/mol. The maximum Gasteiger partial charge on any atom is 0.161 e. The van der Waals surface area contributed by atoms with E-state index in [0.717, 1.165) is 24.6 Å². The van der Waals surface area contributed by atoms with Crippen molar-refractivity contribution in [2.75, 3.05) is 39.4 Å². The molecule has 4 rings (SSSR count). The quantitative estimate of drug-likeness (QED) is 0.824. The van der Waals surface area contributed by atoms with Crippen molar-refractivity contribution in [2.45, 2.75) is 13.1 Å². The van der Waals surface area contributed by atoms with E-state index < -0.39 is 0 Å². The molecular weight excluding hydrogens is 300 g/mol. The van der Waals surface area contributed by atoms with Crippen LogP contribution in [0.5, 0.6) is 11.5 Å². The molecule has 126 valence electrons. The number of nitrogens with one attached hydrogen (secondary N) is 2. The Hall–Kier alpha value is -2.04. The van der Waals surface area contributed by atoms with Crippen molar-refractivity contribution in [3.05, 3.63) is 59.7 Å². The zero-order valence-electron chi connectivity index (χ0n) is 14.1. The largest absolute Gasteiger partial charge is 0.486 e. The van der Waals surface area contributed by atoms with Crippen molar-refractivity contribution in [2.24, 2.45) is 0 Å². The molecule has 1 saturated heterocycles. The first kappa shape index (κ1) is 15.5. The molecule has 0 unspecified atom stereocenters. The summed E-state index contributed by atoms with van der Waals surface area (Å²) >= 11 is 0. The number of quaternary nitrogens is 2. The minimum atomic E-state index is 0.656. The van der Waals surface area contributed by atoms with Gasteiger partial charge < -0.3 is 19.3 Å². The van der Waals surface area contributed by atoms with E-state index in [-0.39, 0.29) is 0 Å². The molecule has 1 fully saturated rings. The Bertz CT molecular complexity index is 667. The number of fused-ring (bicyclic) bond motifs is 1. The van der Waals surface area contributed by atoms with Crippen molar-refractivity contribution >= 4 is 0 Å². The van der Waals surface area contributed by atoms with Gasteiger partial charge >= 0.3 is 0 Å². The summed E-state index contributed by atoms with van der Waals surface area (Å²) in [6.07, 6.45) is 0. The van der Waals surface area contributed by atoms with Crippen LogP contribution in [0.3, 0.4) is 0 Å². The molecule has 0 radical (unpaired) electrons. The summed E-state index contributed by atoms with van der Waals surface area (Å²) in [5.74, 6) is 1.80. The molecule has 2 N–H and O–H groups in total. The number of piperazine rings is 1. The minimum Gasteiger partial charge on any atom is -0.486 e. The van der Waals surface area contributed by atoms with Gasteiger partial charge in [0.1, 0.15) is 52.5 Å². The minimum absolute atomic E-state index is 0.656. The van der Waals surface area contributed by atoms with E-state index >= 15 is 0 Å². The van der Waals surface area contributed by atoms with Crippen LogP contribution >= 0.6 is 0 Å². The summed E-state index contributed by atoms with van der Waals surface area (Å²) in [7, 11) is 0. The summed E-state index contributed by atoms with van der Waals surface area (Å²) in [4.78, 5) is 3.37. The standard InChI is InChI=1S/C20H24N2O2/c1-2-4-17(5-3-1)15-21-8-10-22(11-9-21)16-18-6-7-19-20(14-18)24-13-12-23-19/h1-7,14H,8-13,15-16H2/p+2. The van der Waals surface area contributed by atoms with Crippen molar-refractivity contribution in [1.29, 1.82) is 0 Å². The van der Waals surface area contributed by atoms with Gasteiger partial charge in [0.25, 0.3) is 0 Å². The molecule has 0 aromatic heterocycles. The molecule has 0 amide bonds. The van der Waals surface area contributed by atoms with Crippen LogP contribution in [-0.4, -0.2) is 39.4 Å². The Morgan fingerprint density at radius 3 is 2.00 bits per heavy atom. The molecule has 0 atom stereocenters. The Balaban J connectivity index is 1.30. The zero-order chi connectivity index (χ0) is 16.2. The normalized spacial score (nSPS) is 23.0. The first-order valence-electron chi connectivity index (χ1n) is 8.96. The summed E-state index contributed by atoms with van der Waals surface area (Å²) < 4.78 is 11.3. The van der Waals surface area contributed by atoms with Crippen molar-refractivity contribution in [3.63, 3.8) is 0 Å². The van der Waals surface area contributed by atoms with Crippen molar-refractivity contribution in [1.82, 2.24) is 0 Å². The smallest absolute Gasteiger partial charge is 0.161 e. The lowest BCUT2D eigenvalue weighted by atomic mass is 10.1. The van der Waals surface area contributed by atoms with Crippen LogP contribution in [0.25, 0.3) is 0 Å². The average Bonchev–Trinajstić information content (AvgIpc) is 2.64. The number of hydrogen-bond donors (Lipinski definition) is 2. The van der Waals surface area contributed by atoms with Crippen molar-refractivity contribution in [3.8, 4) is 11.5 Å². The van der Waals surface area contributed by atoms with Gasteiger partial charge in [-0.2, -0.15) is 0 Å². The fraction of sp³-hybridized carbons (Fsp3) is 0.400. The van der Waals surface area contributed by atoms with Crippen LogP contribution < -0.4 is 19.3 Å². The van der Waals surface area contributed by atoms with Gasteiger partial charge in [0.2, 0.25) is 0 Å². The average molecular weight is 326 g/mol. The molecule has 2 aliphatic heterocycles.